The summed E-state index contributed by atoms with van der Waals surface area (Å²) in [7, 11) is -1.35. The molecule has 0 bridgehead atoms. The Bertz CT molecular complexity index is 495. The van der Waals surface area contributed by atoms with Crippen LogP contribution in [0, 0.1) is 11.5 Å². The Morgan fingerprint density at radius 3 is 1.84 bits per heavy atom. The molecule has 19 heavy (non-hydrogen) atoms. The van der Waals surface area contributed by atoms with Crippen LogP contribution in [0.4, 0.5) is 0 Å². The van der Waals surface area contributed by atoms with Crippen LogP contribution in [-0.2, 0) is 0 Å². The van der Waals surface area contributed by atoms with Crippen molar-refractivity contribution in [1.29, 1.82) is 0 Å². The Hall–Kier alpha value is -1.78. The predicted molar refractivity (Wildman–Crippen MR) is 86.6 cm³/mol. The molecule has 0 aromatic heterocycles. The lowest BCUT2D eigenvalue weighted by Gasteiger charge is -2.09. The van der Waals surface area contributed by atoms with Gasteiger partial charge in [-0.15, -0.1) is 11.5 Å². The Morgan fingerprint density at radius 2 is 1.37 bits per heavy atom. The number of rotatable bonds is 4. The van der Waals surface area contributed by atoms with Gasteiger partial charge < -0.3 is 0 Å². The first-order valence-corrected chi connectivity index (χ1v) is 8.73. The Balaban J connectivity index is 2.26. The lowest BCUT2D eigenvalue weighted by atomic mass is 10.3. The van der Waals surface area contributed by atoms with Crippen LogP contribution in [0.5, 0.6) is 0 Å². The summed E-state index contributed by atoms with van der Waals surface area (Å²) in [5, 5.41) is 2.83. The first-order chi connectivity index (χ1) is 9.42. The van der Waals surface area contributed by atoms with Crippen LogP contribution >= 0.6 is 0 Å². The van der Waals surface area contributed by atoms with E-state index in [1.54, 1.807) is 0 Å². The molecular weight excluding hydrogens is 244 g/mol. The van der Waals surface area contributed by atoms with Crippen LogP contribution in [0.25, 0.3) is 0 Å². The quantitative estimate of drug-likeness (QED) is 0.452. The molecule has 0 amide bonds. The minimum atomic E-state index is -1.35. The van der Waals surface area contributed by atoms with E-state index in [9.17, 15) is 0 Å². The fourth-order valence-corrected chi connectivity index (χ4v) is 4.37. The highest BCUT2D eigenvalue weighted by Gasteiger charge is 2.12. The van der Waals surface area contributed by atoms with Gasteiger partial charge in [0.15, 0.2) is 8.80 Å². The molecule has 0 heterocycles. The lowest BCUT2D eigenvalue weighted by Crippen LogP contribution is -2.41. The molecule has 96 valence electrons. The summed E-state index contributed by atoms with van der Waals surface area (Å²) < 4.78 is 0. The fourth-order valence-electron chi connectivity index (χ4n) is 2.09. The Morgan fingerprint density at radius 1 is 0.842 bits per heavy atom. The lowest BCUT2D eigenvalue weighted by molar-refractivity contribution is 0.828. The molecular formula is C18H20Si. The van der Waals surface area contributed by atoms with Gasteiger partial charge in [0, 0.05) is 6.42 Å². The van der Waals surface area contributed by atoms with Crippen LogP contribution in [0.1, 0.15) is 26.2 Å². The molecule has 0 aliphatic carbocycles. The summed E-state index contributed by atoms with van der Waals surface area (Å²) in [5.74, 6) is 3.40. The third kappa shape index (κ3) is 4.12. The number of hydrogen-bond acceptors (Lipinski definition) is 0. The van der Waals surface area contributed by atoms with Gasteiger partial charge in [0.25, 0.3) is 0 Å². The molecule has 0 spiro atoms. The van der Waals surface area contributed by atoms with Crippen LogP contribution in [0.3, 0.4) is 0 Å². The third-order valence-corrected chi connectivity index (χ3v) is 5.76. The number of benzene rings is 2. The first-order valence-electron chi connectivity index (χ1n) is 7.00. The third-order valence-electron chi connectivity index (χ3n) is 3.17. The molecule has 2 aromatic rings. The SMILES string of the molecule is CCCCC#C[SiH](c1ccccc1)c1ccccc1. The average molecular weight is 264 g/mol. The summed E-state index contributed by atoms with van der Waals surface area (Å²) in [5.41, 5.74) is 3.58. The van der Waals surface area contributed by atoms with Gasteiger partial charge in [-0.1, -0.05) is 74.0 Å². The van der Waals surface area contributed by atoms with E-state index in [2.05, 4.69) is 79.1 Å². The highest BCUT2D eigenvalue weighted by atomic mass is 28.3. The molecule has 0 atom stereocenters. The molecule has 0 unspecified atom stereocenters. The van der Waals surface area contributed by atoms with E-state index in [1.807, 2.05) is 0 Å². The molecule has 0 fully saturated rings. The zero-order chi connectivity index (χ0) is 13.3. The number of hydrogen-bond donors (Lipinski definition) is 0. The summed E-state index contributed by atoms with van der Waals surface area (Å²) in [6, 6.07) is 21.5. The number of unbranched alkanes of at least 4 members (excludes halogenated alkanes) is 2. The zero-order valence-corrected chi connectivity index (χ0v) is 12.6. The van der Waals surface area contributed by atoms with E-state index in [1.165, 1.54) is 23.2 Å². The van der Waals surface area contributed by atoms with Crippen LogP contribution in [0.15, 0.2) is 60.7 Å². The van der Waals surface area contributed by atoms with Gasteiger partial charge in [-0.2, -0.15) is 0 Å². The first kappa shape index (κ1) is 13.6. The van der Waals surface area contributed by atoms with Crippen LogP contribution in [0.2, 0.25) is 0 Å². The van der Waals surface area contributed by atoms with Gasteiger partial charge in [-0.25, -0.2) is 0 Å². The minimum absolute atomic E-state index is 1.03. The normalized spacial score (nSPS) is 10.0. The van der Waals surface area contributed by atoms with Gasteiger partial charge in [0.05, 0.1) is 0 Å². The molecule has 2 rings (SSSR count). The van der Waals surface area contributed by atoms with Crippen molar-refractivity contribution in [2.24, 2.45) is 0 Å². The molecule has 0 saturated carbocycles. The maximum Gasteiger partial charge on any atom is 0.183 e. The molecule has 0 saturated heterocycles. The zero-order valence-electron chi connectivity index (χ0n) is 11.5. The van der Waals surface area contributed by atoms with Gasteiger partial charge in [0.2, 0.25) is 0 Å². The Labute approximate surface area is 118 Å². The van der Waals surface area contributed by atoms with Crippen molar-refractivity contribution >= 4 is 19.2 Å². The molecule has 0 aliphatic rings. The monoisotopic (exact) mass is 264 g/mol. The smallest absolute Gasteiger partial charge is 0.124 e. The summed E-state index contributed by atoms with van der Waals surface area (Å²) in [4.78, 5) is 0. The molecule has 0 N–H and O–H groups in total. The molecule has 0 nitrogen and oxygen atoms in total. The van der Waals surface area contributed by atoms with Gasteiger partial charge in [-0.05, 0) is 16.8 Å². The second kappa shape index (κ2) is 7.61. The Kier molecular flexibility index (Phi) is 5.46. The summed E-state index contributed by atoms with van der Waals surface area (Å²) >= 11 is 0. The molecule has 0 aliphatic heterocycles. The van der Waals surface area contributed by atoms with Gasteiger partial charge in [-0.3, -0.25) is 0 Å². The van der Waals surface area contributed by atoms with Crippen molar-refractivity contribution in [1.82, 2.24) is 0 Å². The topological polar surface area (TPSA) is 0 Å². The van der Waals surface area contributed by atoms with Crippen molar-refractivity contribution in [2.45, 2.75) is 26.2 Å². The van der Waals surface area contributed by atoms with E-state index in [-0.39, 0.29) is 0 Å². The maximum atomic E-state index is 3.58. The van der Waals surface area contributed by atoms with E-state index in [0.717, 1.165) is 6.42 Å². The predicted octanol–water partition coefficient (Wildman–Crippen LogP) is 2.76. The van der Waals surface area contributed by atoms with Crippen molar-refractivity contribution in [3.63, 3.8) is 0 Å². The van der Waals surface area contributed by atoms with E-state index < -0.39 is 8.80 Å². The average Bonchev–Trinajstić information content (AvgIpc) is 2.49. The second-order valence-corrected chi connectivity index (χ2v) is 7.17. The largest absolute Gasteiger partial charge is 0.183 e. The second-order valence-electron chi connectivity index (χ2n) is 4.68. The van der Waals surface area contributed by atoms with Crippen molar-refractivity contribution in [2.75, 3.05) is 0 Å². The van der Waals surface area contributed by atoms with Crippen molar-refractivity contribution in [3.05, 3.63) is 60.7 Å². The van der Waals surface area contributed by atoms with E-state index in [4.69, 9.17) is 0 Å². The van der Waals surface area contributed by atoms with Crippen molar-refractivity contribution in [3.8, 4) is 11.5 Å². The minimum Gasteiger partial charge on any atom is -0.124 e. The summed E-state index contributed by atoms with van der Waals surface area (Å²) in [6.07, 6.45) is 3.45. The highest BCUT2D eigenvalue weighted by Crippen LogP contribution is 1.94. The fraction of sp³-hybridized carbons (Fsp3) is 0.222. The van der Waals surface area contributed by atoms with Gasteiger partial charge in [0.1, 0.15) is 0 Å². The van der Waals surface area contributed by atoms with Crippen molar-refractivity contribution < 1.29 is 0 Å². The molecule has 2 aromatic carbocycles. The van der Waals surface area contributed by atoms with Crippen LogP contribution < -0.4 is 10.4 Å². The highest BCUT2D eigenvalue weighted by molar-refractivity contribution is 6.91. The molecule has 1 heteroatoms. The van der Waals surface area contributed by atoms with E-state index in [0.29, 0.717) is 0 Å². The molecule has 0 radical (unpaired) electrons. The standard InChI is InChI=1S/C18H20Si/c1-2-3-4-11-16-19(17-12-7-5-8-13-17)18-14-9-6-10-15-18/h5-10,12-15,19H,2-4H2,1H3. The summed E-state index contributed by atoms with van der Waals surface area (Å²) in [6.45, 7) is 2.21. The maximum absolute atomic E-state index is 3.58. The van der Waals surface area contributed by atoms with E-state index >= 15 is 0 Å². The van der Waals surface area contributed by atoms with Gasteiger partial charge >= 0.3 is 0 Å². The van der Waals surface area contributed by atoms with Crippen LogP contribution in [-0.4, -0.2) is 8.80 Å².